The highest BCUT2D eigenvalue weighted by Gasteiger charge is 2.38. The van der Waals surface area contributed by atoms with Crippen LogP contribution >= 0.6 is 11.8 Å². The molecule has 0 aromatic carbocycles. The number of aliphatic hydroxyl groups excluding tert-OH is 1. The van der Waals surface area contributed by atoms with E-state index < -0.39 is 18.0 Å². The fraction of sp³-hybridized carbons (Fsp3) is 0.846. The Morgan fingerprint density at radius 1 is 1.26 bits per heavy atom. The number of carbonyl (C=O) groups is 2. The molecule has 0 aromatic rings. The lowest BCUT2D eigenvalue weighted by molar-refractivity contribution is -0.159. The molecule has 2 rings (SSSR count). The molecule has 0 amide bonds. The molecule has 1 saturated heterocycles. The topological polar surface area (TPSA) is 75.6 Å². The standard InChI is InChI=1S/C13H21NO4S/c1-8(15)18-13(17)10-7-19-12(14-10)9-5-3-2-4-6-11(9)16/h9-12,14,16H,2-7H2,1H3/t9?,10?,11-,12?/m1/s1. The van der Waals surface area contributed by atoms with Gasteiger partial charge in [-0.1, -0.05) is 19.3 Å². The third-order valence-corrected chi connectivity index (χ3v) is 5.13. The summed E-state index contributed by atoms with van der Waals surface area (Å²) in [7, 11) is 0. The van der Waals surface area contributed by atoms with Crippen LogP contribution in [0.1, 0.15) is 39.0 Å². The first-order valence-electron chi connectivity index (χ1n) is 6.86. The number of hydrogen-bond donors (Lipinski definition) is 2. The van der Waals surface area contributed by atoms with Crippen molar-refractivity contribution in [2.75, 3.05) is 5.75 Å². The van der Waals surface area contributed by atoms with Crippen LogP contribution in [0.3, 0.4) is 0 Å². The van der Waals surface area contributed by atoms with Crippen LogP contribution in [0.4, 0.5) is 0 Å². The normalized spacial score (nSPS) is 35.7. The van der Waals surface area contributed by atoms with E-state index in [1.54, 1.807) is 11.8 Å². The molecule has 2 fully saturated rings. The van der Waals surface area contributed by atoms with Gasteiger partial charge in [-0.2, -0.15) is 0 Å². The maximum atomic E-state index is 11.7. The van der Waals surface area contributed by atoms with Crippen LogP contribution in [0.5, 0.6) is 0 Å². The van der Waals surface area contributed by atoms with Gasteiger partial charge in [-0.25, -0.2) is 4.79 Å². The van der Waals surface area contributed by atoms with E-state index in [4.69, 9.17) is 0 Å². The maximum absolute atomic E-state index is 11.7. The highest BCUT2D eigenvalue weighted by atomic mass is 32.2. The van der Waals surface area contributed by atoms with Gasteiger partial charge in [0.2, 0.25) is 0 Å². The minimum Gasteiger partial charge on any atom is -0.393 e. The molecule has 19 heavy (non-hydrogen) atoms. The van der Waals surface area contributed by atoms with E-state index in [9.17, 15) is 14.7 Å². The van der Waals surface area contributed by atoms with Gasteiger partial charge < -0.3 is 9.84 Å². The molecule has 0 spiro atoms. The average Bonchev–Trinajstić information content (AvgIpc) is 2.73. The van der Waals surface area contributed by atoms with Gasteiger partial charge >= 0.3 is 11.9 Å². The third kappa shape index (κ3) is 3.94. The van der Waals surface area contributed by atoms with E-state index in [1.165, 1.54) is 13.3 Å². The van der Waals surface area contributed by atoms with Crippen LogP contribution in [-0.2, 0) is 14.3 Å². The van der Waals surface area contributed by atoms with Gasteiger partial charge in [-0.05, 0) is 12.8 Å². The van der Waals surface area contributed by atoms with Crippen molar-refractivity contribution in [3.05, 3.63) is 0 Å². The van der Waals surface area contributed by atoms with Crippen LogP contribution < -0.4 is 5.32 Å². The Labute approximate surface area is 117 Å². The Kier molecular flexibility index (Phi) is 5.24. The summed E-state index contributed by atoms with van der Waals surface area (Å²) < 4.78 is 4.61. The summed E-state index contributed by atoms with van der Waals surface area (Å²) in [4.78, 5) is 22.4. The first-order chi connectivity index (χ1) is 9.08. The summed E-state index contributed by atoms with van der Waals surface area (Å²) in [5.41, 5.74) is 0. The summed E-state index contributed by atoms with van der Waals surface area (Å²) in [6.07, 6.45) is 4.90. The largest absolute Gasteiger partial charge is 0.393 e. The van der Waals surface area contributed by atoms with Crippen LogP contribution in [0.2, 0.25) is 0 Å². The molecule has 0 aromatic heterocycles. The second-order valence-electron chi connectivity index (χ2n) is 5.26. The van der Waals surface area contributed by atoms with Crippen molar-refractivity contribution in [1.29, 1.82) is 0 Å². The Bertz CT molecular complexity index is 350. The Hall–Kier alpha value is -0.590. The molecule has 0 bridgehead atoms. The van der Waals surface area contributed by atoms with E-state index >= 15 is 0 Å². The van der Waals surface area contributed by atoms with Gasteiger partial charge in [0.05, 0.1) is 11.5 Å². The van der Waals surface area contributed by atoms with Crippen LogP contribution in [0.15, 0.2) is 0 Å². The minimum atomic E-state index is -0.574. The molecule has 6 heteroatoms. The summed E-state index contributed by atoms with van der Waals surface area (Å²) >= 11 is 1.64. The number of hydrogen-bond acceptors (Lipinski definition) is 6. The van der Waals surface area contributed by atoms with Crippen molar-refractivity contribution in [2.45, 2.75) is 56.5 Å². The number of thioether (sulfide) groups is 1. The Morgan fingerprint density at radius 3 is 2.74 bits per heavy atom. The molecule has 2 N–H and O–H groups in total. The number of nitrogens with one attached hydrogen (secondary N) is 1. The van der Waals surface area contributed by atoms with Gasteiger partial charge in [0.1, 0.15) is 6.04 Å². The summed E-state index contributed by atoms with van der Waals surface area (Å²) in [5.74, 6) is -0.303. The monoisotopic (exact) mass is 287 g/mol. The van der Waals surface area contributed by atoms with E-state index in [1.807, 2.05) is 0 Å². The molecule has 108 valence electrons. The zero-order chi connectivity index (χ0) is 13.8. The predicted molar refractivity (Wildman–Crippen MR) is 72.5 cm³/mol. The van der Waals surface area contributed by atoms with Gasteiger partial charge in [-0.3, -0.25) is 10.1 Å². The highest BCUT2D eigenvalue weighted by molar-refractivity contribution is 8.00. The molecule has 5 nitrogen and oxygen atoms in total. The minimum absolute atomic E-state index is 0.0811. The van der Waals surface area contributed by atoms with Crippen molar-refractivity contribution < 1.29 is 19.4 Å². The lowest BCUT2D eigenvalue weighted by Crippen LogP contribution is -2.43. The molecular formula is C13H21NO4S. The van der Waals surface area contributed by atoms with Gasteiger partial charge in [-0.15, -0.1) is 11.8 Å². The molecule has 0 radical (unpaired) electrons. The van der Waals surface area contributed by atoms with Crippen molar-refractivity contribution in [3.8, 4) is 0 Å². The lowest BCUT2D eigenvalue weighted by Gasteiger charge is -2.26. The van der Waals surface area contributed by atoms with Gasteiger partial charge in [0.15, 0.2) is 0 Å². The number of ether oxygens (including phenoxy) is 1. The molecule has 3 unspecified atom stereocenters. The van der Waals surface area contributed by atoms with Crippen LogP contribution in [-0.4, -0.2) is 40.3 Å². The van der Waals surface area contributed by atoms with Crippen LogP contribution in [0, 0.1) is 5.92 Å². The summed E-state index contributed by atoms with van der Waals surface area (Å²) in [6, 6.07) is -0.436. The number of aliphatic hydroxyl groups is 1. The SMILES string of the molecule is CC(=O)OC(=O)C1CSC(C2CCCCC[C@H]2O)N1. The number of esters is 2. The molecule has 1 aliphatic heterocycles. The van der Waals surface area contributed by atoms with Crippen molar-refractivity contribution in [2.24, 2.45) is 5.92 Å². The zero-order valence-electron chi connectivity index (χ0n) is 11.1. The average molecular weight is 287 g/mol. The Morgan fingerprint density at radius 2 is 2.00 bits per heavy atom. The number of carbonyl (C=O) groups excluding carboxylic acids is 2. The maximum Gasteiger partial charge on any atom is 0.331 e. The molecule has 4 atom stereocenters. The fourth-order valence-electron chi connectivity index (χ4n) is 2.76. The zero-order valence-corrected chi connectivity index (χ0v) is 11.9. The van der Waals surface area contributed by atoms with E-state index in [0.717, 1.165) is 25.7 Å². The Balaban J connectivity index is 1.89. The van der Waals surface area contributed by atoms with Crippen molar-refractivity contribution in [3.63, 3.8) is 0 Å². The molecule has 1 saturated carbocycles. The van der Waals surface area contributed by atoms with Gasteiger partial charge in [0, 0.05) is 18.6 Å². The molecule has 2 aliphatic rings. The predicted octanol–water partition coefficient (Wildman–Crippen LogP) is 1.05. The lowest BCUT2D eigenvalue weighted by atomic mass is 9.97. The molecular weight excluding hydrogens is 266 g/mol. The van der Waals surface area contributed by atoms with Crippen molar-refractivity contribution in [1.82, 2.24) is 5.32 Å². The second-order valence-corrected chi connectivity index (χ2v) is 6.43. The fourth-order valence-corrected chi connectivity index (χ4v) is 4.22. The van der Waals surface area contributed by atoms with E-state index in [0.29, 0.717) is 5.75 Å². The quantitative estimate of drug-likeness (QED) is 0.449. The van der Waals surface area contributed by atoms with E-state index in [-0.39, 0.29) is 17.4 Å². The number of rotatable bonds is 2. The van der Waals surface area contributed by atoms with Crippen LogP contribution in [0.25, 0.3) is 0 Å². The molecule has 1 heterocycles. The first-order valence-corrected chi connectivity index (χ1v) is 7.91. The van der Waals surface area contributed by atoms with Gasteiger partial charge in [0.25, 0.3) is 0 Å². The van der Waals surface area contributed by atoms with Crippen molar-refractivity contribution >= 4 is 23.7 Å². The summed E-state index contributed by atoms with van der Waals surface area (Å²) in [6.45, 7) is 1.23. The second kappa shape index (κ2) is 6.72. The first kappa shape index (κ1) is 14.8. The smallest absolute Gasteiger partial charge is 0.331 e. The molecule has 1 aliphatic carbocycles. The highest BCUT2D eigenvalue weighted by Crippen LogP contribution is 2.34. The third-order valence-electron chi connectivity index (χ3n) is 3.76. The summed E-state index contributed by atoms with van der Waals surface area (Å²) in [5, 5.41) is 13.4. The van der Waals surface area contributed by atoms with E-state index in [2.05, 4.69) is 10.1 Å².